The van der Waals surface area contributed by atoms with Gasteiger partial charge >= 0.3 is 0 Å². The van der Waals surface area contributed by atoms with Crippen molar-refractivity contribution in [3.63, 3.8) is 0 Å². The Labute approximate surface area is 115 Å². The van der Waals surface area contributed by atoms with Gasteiger partial charge in [0.25, 0.3) is 0 Å². The van der Waals surface area contributed by atoms with Crippen LogP contribution in [0.15, 0.2) is 49.0 Å². The summed E-state index contributed by atoms with van der Waals surface area (Å²) in [6, 6.07) is 5.52. The average molecular weight is 282 g/mol. The van der Waals surface area contributed by atoms with E-state index in [0.29, 0.717) is 11.0 Å². The summed E-state index contributed by atoms with van der Waals surface area (Å²) < 4.78 is 10.9. The Morgan fingerprint density at radius 2 is 1.86 bits per heavy atom. The molecule has 8 heteroatoms. The average Bonchev–Trinajstić information content (AvgIpc) is 3.00. The maximum absolute atomic E-state index is 12.2. The first-order valence-electron chi connectivity index (χ1n) is 5.96. The highest BCUT2D eigenvalue weighted by Gasteiger charge is 2.12. The molecule has 0 fully saturated rings. The van der Waals surface area contributed by atoms with Crippen LogP contribution in [0, 0.1) is 0 Å². The van der Waals surface area contributed by atoms with Gasteiger partial charge in [-0.15, -0.1) is 5.10 Å². The molecule has 0 aliphatic carbocycles. The van der Waals surface area contributed by atoms with Gasteiger partial charge in [-0.25, -0.2) is 5.10 Å². The molecule has 4 rings (SSSR count). The van der Waals surface area contributed by atoms with Crippen LogP contribution in [0.2, 0.25) is 0 Å². The third-order valence-electron chi connectivity index (χ3n) is 3.09. The number of tetrazole rings is 1. The molecular weight excluding hydrogens is 276 g/mol. The zero-order valence-corrected chi connectivity index (χ0v) is 10.4. The summed E-state index contributed by atoms with van der Waals surface area (Å²) in [5.74, 6) is 0.443. The molecule has 4 aromatic rings. The minimum atomic E-state index is -0.298. The fraction of sp³-hybridized carbons (Fsp3) is 0. The van der Waals surface area contributed by atoms with E-state index in [-0.39, 0.29) is 33.4 Å². The first-order valence-corrected chi connectivity index (χ1v) is 5.96. The second kappa shape index (κ2) is 4.10. The first-order chi connectivity index (χ1) is 10.2. The van der Waals surface area contributed by atoms with E-state index in [2.05, 4.69) is 20.6 Å². The second-order valence-electron chi connectivity index (χ2n) is 4.35. The summed E-state index contributed by atoms with van der Waals surface area (Å²) in [6.07, 6.45) is 1.29. The topological polar surface area (TPSA) is 115 Å². The van der Waals surface area contributed by atoms with Crippen LogP contribution in [0.3, 0.4) is 0 Å². The Morgan fingerprint density at radius 3 is 2.67 bits per heavy atom. The van der Waals surface area contributed by atoms with Crippen molar-refractivity contribution in [2.45, 2.75) is 0 Å². The van der Waals surface area contributed by atoms with E-state index in [1.54, 1.807) is 0 Å². The number of H-pyrrole nitrogens is 1. The molecule has 0 saturated carbocycles. The lowest BCUT2D eigenvalue weighted by Gasteiger charge is -2.01. The Balaban J connectivity index is 2.12. The first kappa shape index (κ1) is 11.5. The van der Waals surface area contributed by atoms with Crippen molar-refractivity contribution < 1.29 is 8.83 Å². The van der Waals surface area contributed by atoms with Crippen molar-refractivity contribution >= 4 is 21.9 Å². The summed E-state index contributed by atoms with van der Waals surface area (Å²) in [4.78, 5) is 23.9. The molecule has 1 aromatic carbocycles. The van der Waals surface area contributed by atoms with Crippen LogP contribution in [0.5, 0.6) is 0 Å². The van der Waals surface area contributed by atoms with E-state index in [4.69, 9.17) is 8.83 Å². The molecule has 8 nitrogen and oxygen atoms in total. The van der Waals surface area contributed by atoms with E-state index in [1.807, 2.05) is 0 Å². The van der Waals surface area contributed by atoms with Crippen molar-refractivity contribution in [3.05, 3.63) is 51.0 Å². The van der Waals surface area contributed by atoms with Crippen LogP contribution >= 0.6 is 0 Å². The zero-order valence-electron chi connectivity index (χ0n) is 10.4. The summed E-state index contributed by atoms with van der Waals surface area (Å²) >= 11 is 0. The fourth-order valence-corrected chi connectivity index (χ4v) is 2.11. The maximum atomic E-state index is 12.2. The number of nitrogens with one attached hydrogen (secondary N) is 1. The van der Waals surface area contributed by atoms with Crippen LogP contribution in [0.1, 0.15) is 0 Å². The third kappa shape index (κ3) is 1.73. The van der Waals surface area contributed by atoms with Crippen molar-refractivity contribution in [2.24, 2.45) is 0 Å². The Bertz CT molecular complexity index is 1080. The largest absolute Gasteiger partial charge is 0.464 e. The van der Waals surface area contributed by atoms with Crippen molar-refractivity contribution in [2.75, 3.05) is 0 Å². The molecule has 0 spiro atoms. The number of aromatic amines is 1. The molecule has 102 valence electrons. The lowest BCUT2D eigenvalue weighted by Crippen LogP contribution is -2.04. The maximum Gasteiger partial charge on any atom is 0.215 e. The molecule has 0 aliphatic rings. The zero-order chi connectivity index (χ0) is 14.4. The number of fused-ring (bicyclic) bond motifs is 2. The Morgan fingerprint density at radius 1 is 1.00 bits per heavy atom. The normalized spacial score (nSPS) is 11.2. The highest BCUT2D eigenvalue weighted by molar-refractivity contribution is 5.92. The Kier molecular flexibility index (Phi) is 2.25. The van der Waals surface area contributed by atoms with E-state index >= 15 is 0 Å². The molecule has 0 saturated heterocycles. The molecule has 0 radical (unpaired) electrons. The molecule has 3 aromatic heterocycles. The van der Waals surface area contributed by atoms with Gasteiger partial charge in [-0.05, 0) is 16.5 Å². The smallest absolute Gasteiger partial charge is 0.215 e. The minimum Gasteiger partial charge on any atom is -0.464 e. The molecule has 0 unspecified atom stereocenters. The van der Waals surface area contributed by atoms with Crippen molar-refractivity contribution in [3.8, 4) is 11.6 Å². The van der Waals surface area contributed by atoms with Gasteiger partial charge in [0.15, 0.2) is 16.6 Å². The van der Waals surface area contributed by atoms with Crippen molar-refractivity contribution in [1.82, 2.24) is 20.6 Å². The van der Waals surface area contributed by atoms with Crippen LogP contribution in [0.25, 0.3) is 33.5 Å². The van der Waals surface area contributed by atoms with Crippen LogP contribution < -0.4 is 10.9 Å². The highest BCUT2D eigenvalue weighted by atomic mass is 16.3. The van der Waals surface area contributed by atoms with Gasteiger partial charge in [-0.3, -0.25) is 9.59 Å². The van der Waals surface area contributed by atoms with Crippen LogP contribution in [-0.4, -0.2) is 20.6 Å². The van der Waals surface area contributed by atoms with Gasteiger partial charge in [0.1, 0.15) is 11.2 Å². The quantitative estimate of drug-likeness (QED) is 0.519. The van der Waals surface area contributed by atoms with Crippen LogP contribution in [-0.2, 0) is 0 Å². The van der Waals surface area contributed by atoms with Gasteiger partial charge < -0.3 is 8.83 Å². The highest BCUT2D eigenvalue weighted by Crippen LogP contribution is 2.22. The molecule has 0 amide bonds. The number of rotatable bonds is 1. The van der Waals surface area contributed by atoms with Gasteiger partial charge in [-0.2, -0.15) is 0 Å². The lowest BCUT2D eigenvalue weighted by molar-refractivity contribution is 0.594. The van der Waals surface area contributed by atoms with Gasteiger partial charge in [0, 0.05) is 18.2 Å². The molecule has 1 N–H and O–H groups in total. The number of nitrogens with zero attached hydrogens (tertiary/aromatic N) is 3. The monoisotopic (exact) mass is 282 g/mol. The van der Waals surface area contributed by atoms with Gasteiger partial charge in [0.2, 0.25) is 5.82 Å². The van der Waals surface area contributed by atoms with Crippen molar-refractivity contribution in [1.29, 1.82) is 0 Å². The van der Waals surface area contributed by atoms with Gasteiger partial charge in [-0.1, -0.05) is 0 Å². The summed E-state index contributed by atoms with van der Waals surface area (Å²) in [7, 11) is 0. The van der Waals surface area contributed by atoms with E-state index in [1.165, 1.54) is 30.5 Å². The van der Waals surface area contributed by atoms with E-state index in [9.17, 15) is 9.59 Å². The molecule has 3 heterocycles. The fourth-order valence-electron chi connectivity index (χ4n) is 2.11. The standard InChI is InChI=1S/C13H6N4O4/c18-8-1-2-20-10-5-11-7(3-6(8)10)9(19)4-12(21-11)13-14-16-17-15-13/h1-5H,(H,14,15,16,17). The van der Waals surface area contributed by atoms with Gasteiger partial charge in [0.05, 0.1) is 17.0 Å². The van der Waals surface area contributed by atoms with E-state index < -0.39 is 0 Å². The molecule has 0 aliphatic heterocycles. The molecule has 21 heavy (non-hydrogen) atoms. The predicted octanol–water partition coefficient (Wildman–Crippen LogP) is 1.08. The summed E-state index contributed by atoms with van der Waals surface area (Å²) in [6.45, 7) is 0. The number of benzene rings is 1. The number of hydrogen-bond donors (Lipinski definition) is 1. The molecular formula is C13H6N4O4. The molecule has 0 bridgehead atoms. The minimum absolute atomic E-state index is 0.204. The SMILES string of the molecule is O=c1ccoc2cc3oc(-c4nnn[nH]4)cc(=O)c3cc12. The predicted molar refractivity (Wildman–Crippen MR) is 71.7 cm³/mol. The lowest BCUT2D eigenvalue weighted by atomic mass is 10.1. The number of hydrogen-bond acceptors (Lipinski definition) is 7. The van der Waals surface area contributed by atoms with Crippen LogP contribution in [0.4, 0.5) is 0 Å². The third-order valence-corrected chi connectivity index (χ3v) is 3.09. The van der Waals surface area contributed by atoms with E-state index in [0.717, 1.165) is 0 Å². The number of aromatic nitrogens is 4. The molecule has 0 atom stereocenters. The summed E-state index contributed by atoms with van der Waals surface area (Å²) in [5, 5.41) is 13.7. The summed E-state index contributed by atoms with van der Waals surface area (Å²) in [5.41, 5.74) is 0.107. The second-order valence-corrected chi connectivity index (χ2v) is 4.35. The Hall–Kier alpha value is -3.29.